The third-order valence-corrected chi connectivity index (χ3v) is 6.97. The average molecular weight is 370 g/mol. The maximum Gasteiger partial charge on any atom is 0.495 e. The Kier molecular flexibility index (Phi) is 6.74. The molecule has 1 aliphatic heterocycles. The largest absolute Gasteiger partial charge is 0.495 e. The summed E-state index contributed by atoms with van der Waals surface area (Å²) in [4.78, 5) is 0. The quantitative estimate of drug-likeness (QED) is 0.427. The van der Waals surface area contributed by atoms with E-state index in [1.165, 1.54) is 81.7 Å². The fourth-order valence-corrected chi connectivity index (χ4v) is 4.49. The van der Waals surface area contributed by atoms with Crippen LogP contribution in [0.3, 0.4) is 0 Å². The fraction of sp³-hybridized carbons (Fsp3) is 0.750. The van der Waals surface area contributed by atoms with Crippen molar-refractivity contribution in [3.8, 4) is 0 Å². The van der Waals surface area contributed by atoms with Crippen LogP contribution in [0.25, 0.3) is 0 Å². The lowest BCUT2D eigenvalue weighted by atomic mass is 9.70. The zero-order chi connectivity index (χ0) is 19.5. The van der Waals surface area contributed by atoms with E-state index in [-0.39, 0.29) is 18.3 Å². The van der Waals surface area contributed by atoms with Gasteiger partial charge in [-0.15, -0.1) is 0 Å². The van der Waals surface area contributed by atoms with Crippen molar-refractivity contribution in [1.29, 1.82) is 0 Å². The molecule has 1 aliphatic carbocycles. The van der Waals surface area contributed by atoms with Crippen LogP contribution in [0.4, 0.5) is 0 Å². The first-order chi connectivity index (χ1) is 12.9. The van der Waals surface area contributed by atoms with Crippen LogP contribution in [0.1, 0.15) is 103 Å². The second-order valence-corrected chi connectivity index (χ2v) is 9.58. The molecular weight excluding hydrogens is 331 g/mol. The predicted molar refractivity (Wildman–Crippen MR) is 116 cm³/mol. The molecule has 0 amide bonds. The molecule has 0 saturated carbocycles. The van der Waals surface area contributed by atoms with E-state index < -0.39 is 0 Å². The van der Waals surface area contributed by atoms with E-state index in [0.717, 1.165) is 0 Å². The molecule has 0 N–H and O–H groups in total. The van der Waals surface area contributed by atoms with E-state index in [9.17, 15) is 0 Å². The van der Waals surface area contributed by atoms with Gasteiger partial charge in [-0.25, -0.2) is 0 Å². The molecule has 0 spiro atoms. The summed E-state index contributed by atoms with van der Waals surface area (Å²) in [7, 11) is -0.218. The first-order valence-electron chi connectivity index (χ1n) is 11.3. The van der Waals surface area contributed by atoms with Gasteiger partial charge in [-0.3, -0.25) is 0 Å². The zero-order valence-electron chi connectivity index (χ0n) is 18.3. The molecule has 2 aliphatic rings. The molecule has 27 heavy (non-hydrogen) atoms. The van der Waals surface area contributed by atoms with E-state index >= 15 is 0 Å². The van der Waals surface area contributed by atoms with Gasteiger partial charge in [0.05, 0.1) is 11.2 Å². The molecule has 1 heterocycles. The van der Waals surface area contributed by atoms with Crippen LogP contribution in [0.2, 0.25) is 0 Å². The standard InChI is InChI=1S/C24H39BO2/c1-6-7-8-9-10-11-14-19-17-18-22(21-16-13-12-15-20(19)21)25-26-23(2,3)24(4,5)27-25/h17-18H,6-16H2,1-5H3. The number of rotatable bonds is 8. The Bertz CT molecular complexity index is 620. The van der Waals surface area contributed by atoms with Crippen LogP contribution in [0.15, 0.2) is 12.1 Å². The summed E-state index contributed by atoms with van der Waals surface area (Å²) < 4.78 is 12.7. The van der Waals surface area contributed by atoms with Crippen molar-refractivity contribution in [2.75, 3.05) is 0 Å². The smallest absolute Gasteiger partial charge is 0.399 e. The summed E-state index contributed by atoms with van der Waals surface area (Å²) >= 11 is 0. The maximum absolute atomic E-state index is 6.37. The Labute approximate surface area is 167 Å². The number of aryl methyl sites for hydroxylation is 1. The maximum atomic E-state index is 6.37. The first kappa shape index (κ1) is 20.9. The van der Waals surface area contributed by atoms with Crippen molar-refractivity contribution < 1.29 is 9.31 Å². The van der Waals surface area contributed by atoms with Gasteiger partial charge >= 0.3 is 7.12 Å². The Morgan fingerprint density at radius 1 is 0.815 bits per heavy atom. The first-order valence-corrected chi connectivity index (χ1v) is 11.3. The van der Waals surface area contributed by atoms with Crippen molar-refractivity contribution >= 4 is 12.6 Å². The van der Waals surface area contributed by atoms with Crippen LogP contribution >= 0.6 is 0 Å². The molecule has 0 unspecified atom stereocenters. The summed E-state index contributed by atoms with van der Waals surface area (Å²) in [5.41, 5.74) is 5.48. The van der Waals surface area contributed by atoms with Gasteiger partial charge in [-0.2, -0.15) is 0 Å². The van der Waals surface area contributed by atoms with Crippen LogP contribution < -0.4 is 5.46 Å². The highest BCUT2D eigenvalue weighted by molar-refractivity contribution is 6.62. The molecule has 0 bridgehead atoms. The summed E-state index contributed by atoms with van der Waals surface area (Å²) in [6.45, 7) is 10.9. The molecule has 2 nitrogen and oxygen atoms in total. The second-order valence-electron chi connectivity index (χ2n) is 9.58. The van der Waals surface area contributed by atoms with Gasteiger partial charge in [-0.1, -0.05) is 51.2 Å². The molecule has 0 radical (unpaired) electrons. The van der Waals surface area contributed by atoms with Crippen LogP contribution in [0, 0.1) is 0 Å². The summed E-state index contributed by atoms with van der Waals surface area (Å²) in [5, 5.41) is 0. The molecule has 3 heteroatoms. The zero-order valence-corrected chi connectivity index (χ0v) is 18.3. The third-order valence-electron chi connectivity index (χ3n) is 6.97. The average Bonchev–Trinajstić information content (AvgIpc) is 2.85. The molecule has 0 atom stereocenters. The molecule has 3 rings (SSSR count). The van der Waals surface area contributed by atoms with E-state index in [4.69, 9.17) is 9.31 Å². The molecule has 1 saturated heterocycles. The van der Waals surface area contributed by atoms with Crippen LogP contribution in [-0.4, -0.2) is 18.3 Å². The van der Waals surface area contributed by atoms with Gasteiger partial charge in [0.1, 0.15) is 0 Å². The lowest BCUT2D eigenvalue weighted by molar-refractivity contribution is 0.00578. The molecule has 0 aromatic heterocycles. The van der Waals surface area contributed by atoms with E-state index in [1.54, 1.807) is 11.1 Å². The van der Waals surface area contributed by atoms with Crippen molar-refractivity contribution in [3.05, 3.63) is 28.8 Å². The Hall–Kier alpha value is -0.795. The number of fused-ring (bicyclic) bond motifs is 1. The van der Waals surface area contributed by atoms with E-state index in [0.29, 0.717) is 0 Å². The predicted octanol–water partition coefficient (Wildman–Crippen LogP) is 5.77. The lowest BCUT2D eigenvalue weighted by Crippen LogP contribution is -2.41. The SMILES string of the molecule is CCCCCCCCc1ccc(B2OC(C)(C)C(C)(C)O2)c2c1CCCC2. The van der Waals surface area contributed by atoms with Gasteiger partial charge in [0.2, 0.25) is 0 Å². The Morgan fingerprint density at radius 3 is 2.07 bits per heavy atom. The molecular formula is C24H39BO2. The number of hydrogen-bond donors (Lipinski definition) is 0. The minimum atomic E-state index is -0.267. The highest BCUT2D eigenvalue weighted by Crippen LogP contribution is 2.37. The van der Waals surface area contributed by atoms with Gasteiger partial charge in [-0.05, 0) is 88.4 Å². The lowest BCUT2D eigenvalue weighted by Gasteiger charge is -2.32. The topological polar surface area (TPSA) is 18.5 Å². The van der Waals surface area contributed by atoms with Crippen molar-refractivity contribution in [1.82, 2.24) is 0 Å². The van der Waals surface area contributed by atoms with Gasteiger partial charge in [0, 0.05) is 0 Å². The molecule has 150 valence electrons. The fourth-order valence-electron chi connectivity index (χ4n) is 4.49. The van der Waals surface area contributed by atoms with Crippen LogP contribution in [0.5, 0.6) is 0 Å². The molecule has 1 aromatic carbocycles. The van der Waals surface area contributed by atoms with Gasteiger partial charge in [0.15, 0.2) is 0 Å². The van der Waals surface area contributed by atoms with E-state index in [1.807, 2.05) is 0 Å². The Balaban J connectivity index is 1.73. The highest BCUT2D eigenvalue weighted by Gasteiger charge is 2.52. The second kappa shape index (κ2) is 8.70. The third kappa shape index (κ3) is 4.62. The minimum Gasteiger partial charge on any atom is -0.399 e. The van der Waals surface area contributed by atoms with E-state index in [2.05, 4.69) is 46.8 Å². The summed E-state index contributed by atoms with van der Waals surface area (Å²) in [6.07, 6.45) is 14.5. The monoisotopic (exact) mass is 370 g/mol. The number of benzene rings is 1. The Morgan fingerprint density at radius 2 is 1.41 bits per heavy atom. The summed E-state index contributed by atoms with van der Waals surface area (Å²) in [5.74, 6) is 0. The van der Waals surface area contributed by atoms with Crippen molar-refractivity contribution in [2.45, 2.75) is 116 Å². The van der Waals surface area contributed by atoms with Crippen LogP contribution in [-0.2, 0) is 28.6 Å². The van der Waals surface area contributed by atoms with Crippen molar-refractivity contribution in [2.24, 2.45) is 0 Å². The van der Waals surface area contributed by atoms with Gasteiger partial charge in [0.25, 0.3) is 0 Å². The minimum absolute atomic E-state index is 0.218. The number of unbranched alkanes of at least 4 members (excludes halogenated alkanes) is 5. The number of hydrogen-bond acceptors (Lipinski definition) is 2. The molecule has 1 aromatic rings. The van der Waals surface area contributed by atoms with Gasteiger partial charge < -0.3 is 9.31 Å². The van der Waals surface area contributed by atoms with Crippen molar-refractivity contribution in [3.63, 3.8) is 0 Å². The normalized spacial score (nSPS) is 20.7. The highest BCUT2D eigenvalue weighted by atomic mass is 16.7. The summed E-state index contributed by atoms with van der Waals surface area (Å²) in [6, 6.07) is 4.68. The molecule has 1 fully saturated rings.